The van der Waals surface area contributed by atoms with Crippen LogP contribution in [-0.4, -0.2) is 58.2 Å². The molecule has 1 amide bonds. The third kappa shape index (κ3) is 8.35. The van der Waals surface area contributed by atoms with Crippen LogP contribution in [0, 0.1) is 29.1 Å². The SMILES string of the molecule is CC(CO)(CO)COC(=O)[C@@H](NC(=O)c1ccc(C#CC#Cc2ccc(N)cc2)cc1)[C@@H](O)c1ccc(O)cc1. The zero-order valence-electron chi connectivity index (χ0n) is 21.8. The maximum atomic E-state index is 13.0. The molecule has 0 aromatic heterocycles. The van der Waals surface area contributed by atoms with Crippen molar-refractivity contribution in [2.24, 2.45) is 5.41 Å². The standard InChI is InChI=1S/C31H30N2O7/c1-31(18-34,19-35)20-40-30(39)27(28(37)23-12-16-26(36)17-13-23)33-29(38)24-10-6-21(7-11-24)4-2-3-5-22-8-14-25(32)15-9-22/h6-17,27-28,34-37H,18-20,32H2,1H3,(H,33,38)/t27-,28-/m0/s1. The number of aliphatic hydroxyl groups is 3. The van der Waals surface area contributed by atoms with Crippen molar-refractivity contribution in [3.63, 3.8) is 0 Å². The highest BCUT2D eigenvalue weighted by Gasteiger charge is 2.34. The maximum Gasteiger partial charge on any atom is 0.331 e. The largest absolute Gasteiger partial charge is 0.508 e. The van der Waals surface area contributed by atoms with Gasteiger partial charge in [-0.25, -0.2) is 4.79 Å². The highest BCUT2D eigenvalue weighted by Crippen LogP contribution is 2.22. The summed E-state index contributed by atoms with van der Waals surface area (Å²) in [6, 6.07) is 17.3. The van der Waals surface area contributed by atoms with Crippen molar-refractivity contribution in [3.05, 3.63) is 95.1 Å². The quantitative estimate of drug-likeness (QED) is 0.135. The minimum absolute atomic E-state index is 0.0415. The van der Waals surface area contributed by atoms with E-state index in [2.05, 4.69) is 29.0 Å². The number of aromatic hydroxyl groups is 1. The van der Waals surface area contributed by atoms with Gasteiger partial charge in [0.15, 0.2) is 6.04 Å². The van der Waals surface area contributed by atoms with E-state index in [1.807, 2.05) is 0 Å². The lowest BCUT2D eigenvalue weighted by molar-refractivity contribution is -0.154. The fraction of sp³-hybridized carbons (Fsp3) is 0.226. The summed E-state index contributed by atoms with van der Waals surface area (Å²) in [5.74, 6) is 9.61. The zero-order valence-corrected chi connectivity index (χ0v) is 21.8. The summed E-state index contributed by atoms with van der Waals surface area (Å²) in [5, 5.41) is 41.9. The number of hydrogen-bond acceptors (Lipinski definition) is 8. The Morgan fingerprint density at radius 3 is 1.95 bits per heavy atom. The van der Waals surface area contributed by atoms with Crippen LogP contribution in [0.1, 0.15) is 40.1 Å². The van der Waals surface area contributed by atoms with Crippen LogP contribution in [0.25, 0.3) is 0 Å². The molecule has 206 valence electrons. The second-order valence-electron chi connectivity index (χ2n) is 9.42. The third-order valence-electron chi connectivity index (χ3n) is 5.95. The molecule has 7 N–H and O–H groups in total. The highest BCUT2D eigenvalue weighted by atomic mass is 16.5. The molecule has 40 heavy (non-hydrogen) atoms. The first-order chi connectivity index (χ1) is 19.1. The average molecular weight is 543 g/mol. The van der Waals surface area contributed by atoms with Gasteiger partial charge in [0.2, 0.25) is 0 Å². The van der Waals surface area contributed by atoms with E-state index < -0.39 is 42.7 Å². The molecular weight excluding hydrogens is 512 g/mol. The Labute approximate surface area is 232 Å². The lowest BCUT2D eigenvalue weighted by atomic mass is 9.94. The fourth-order valence-electron chi connectivity index (χ4n) is 3.31. The van der Waals surface area contributed by atoms with E-state index >= 15 is 0 Å². The summed E-state index contributed by atoms with van der Waals surface area (Å²) < 4.78 is 5.25. The lowest BCUT2D eigenvalue weighted by Gasteiger charge is -2.27. The van der Waals surface area contributed by atoms with Crippen LogP contribution in [0.2, 0.25) is 0 Å². The highest BCUT2D eigenvalue weighted by molar-refractivity contribution is 5.97. The van der Waals surface area contributed by atoms with E-state index in [4.69, 9.17) is 10.5 Å². The van der Waals surface area contributed by atoms with E-state index in [0.717, 1.165) is 5.56 Å². The molecule has 0 fully saturated rings. The van der Waals surface area contributed by atoms with Crippen molar-refractivity contribution in [1.29, 1.82) is 0 Å². The predicted octanol–water partition coefficient (Wildman–Crippen LogP) is 1.74. The first-order valence-electron chi connectivity index (χ1n) is 12.3. The Bertz CT molecular complexity index is 1420. The van der Waals surface area contributed by atoms with Gasteiger partial charge >= 0.3 is 5.97 Å². The molecule has 9 heteroatoms. The number of rotatable bonds is 9. The molecule has 2 atom stereocenters. The Hall–Kier alpha value is -4.80. The van der Waals surface area contributed by atoms with Crippen molar-refractivity contribution in [3.8, 4) is 29.4 Å². The van der Waals surface area contributed by atoms with Gasteiger partial charge in [-0.2, -0.15) is 0 Å². The zero-order chi connectivity index (χ0) is 29.1. The van der Waals surface area contributed by atoms with Crippen molar-refractivity contribution in [1.82, 2.24) is 5.32 Å². The van der Waals surface area contributed by atoms with Gasteiger partial charge in [-0.3, -0.25) is 4.79 Å². The van der Waals surface area contributed by atoms with Gasteiger partial charge in [0.05, 0.1) is 13.2 Å². The molecule has 0 aliphatic heterocycles. The van der Waals surface area contributed by atoms with Crippen molar-refractivity contribution in [2.75, 3.05) is 25.6 Å². The molecule has 9 nitrogen and oxygen atoms in total. The summed E-state index contributed by atoms with van der Waals surface area (Å²) in [5.41, 5.74) is 7.02. The van der Waals surface area contributed by atoms with Crippen LogP contribution in [0.5, 0.6) is 5.75 Å². The number of phenols is 1. The number of esters is 1. The van der Waals surface area contributed by atoms with Gasteiger partial charge in [-0.1, -0.05) is 30.9 Å². The van der Waals surface area contributed by atoms with Gasteiger partial charge in [-0.05, 0) is 78.1 Å². The first-order valence-corrected chi connectivity index (χ1v) is 12.3. The number of carbonyl (C=O) groups is 2. The summed E-state index contributed by atoms with van der Waals surface area (Å²) in [6.45, 7) is 0.271. The Kier molecular flexibility index (Phi) is 10.3. The molecule has 0 unspecified atom stereocenters. The molecule has 0 radical (unpaired) electrons. The number of amides is 1. The van der Waals surface area contributed by atoms with Gasteiger partial charge < -0.3 is 36.2 Å². The number of benzene rings is 3. The van der Waals surface area contributed by atoms with E-state index in [1.165, 1.54) is 43.3 Å². The molecule has 0 spiro atoms. The molecule has 0 aliphatic carbocycles. The van der Waals surface area contributed by atoms with E-state index in [9.17, 15) is 30.0 Å². The van der Waals surface area contributed by atoms with Gasteiger partial charge in [0.1, 0.15) is 18.5 Å². The Morgan fingerprint density at radius 1 is 0.900 bits per heavy atom. The summed E-state index contributed by atoms with van der Waals surface area (Å²) in [6.07, 6.45) is -1.52. The van der Waals surface area contributed by atoms with Gasteiger partial charge in [0.25, 0.3) is 5.91 Å². The minimum Gasteiger partial charge on any atom is -0.508 e. The van der Waals surface area contributed by atoms with Crippen molar-refractivity contribution >= 4 is 17.6 Å². The molecule has 0 bridgehead atoms. The van der Waals surface area contributed by atoms with Crippen LogP contribution in [0.4, 0.5) is 5.69 Å². The molecule has 0 saturated carbocycles. The average Bonchev–Trinajstić information content (AvgIpc) is 2.98. The summed E-state index contributed by atoms with van der Waals surface area (Å²) in [4.78, 5) is 25.9. The maximum absolute atomic E-state index is 13.0. The molecule has 3 rings (SSSR count). The number of hydrogen-bond donors (Lipinski definition) is 6. The lowest BCUT2D eigenvalue weighted by Crippen LogP contribution is -2.47. The molecular formula is C31H30N2O7. The summed E-state index contributed by atoms with van der Waals surface area (Å²) >= 11 is 0. The molecule has 0 aliphatic rings. The number of carbonyl (C=O) groups excluding carboxylic acids is 2. The molecule has 3 aromatic carbocycles. The van der Waals surface area contributed by atoms with Crippen LogP contribution >= 0.6 is 0 Å². The van der Waals surface area contributed by atoms with E-state index in [-0.39, 0.29) is 23.5 Å². The fourth-order valence-corrected chi connectivity index (χ4v) is 3.31. The normalized spacial score (nSPS) is 12.1. The number of ether oxygens (including phenoxy) is 1. The first kappa shape index (κ1) is 29.8. The van der Waals surface area contributed by atoms with E-state index in [1.54, 1.807) is 36.4 Å². The van der Waals surface area contributed by atoms with Crippen LogP contribution in [-0.2, 0) is 9.53 Å². The van der Waals surface area contributed by atoms with Gasteiger partial charge in [-0.15, -0.1) is 0 Å². The smallest absolute Gasteiger partial charge is 0.331 e. The number of aliphatic hydroxyl groups excluding tert-OH is 3. The minimum atomic E-state index is -1.53. The second-order valence-corrected chi connectivity index (χ2v) is 9.42. The van der Waals surface area contributed by atoms with Gasteiger partial charge in [0, 0.05) is 27.8 Å². The number of nitrogens with two attached hydrogens (primary N) is 1. The van der Waals surface area contributed by atoms with Crippen molar-refractivity contribution in [2.45, 2.75) is 19.1 Å². The van der Waals surface area contributed by atoms with E-state index in [0.29, 0.717) is 11.3 Å². The topological polar surface area (TPSA) is 162 Å². The predicted molar refractivity (Wildman–Crippen MR) is 149 cm³/mol. The number of nitrogens with one attached hydrogen (secondary N) is 1. The Balaban J connectivity index is 1.73. The number of phenolic OH excluding ortho intramolecular Hbond substituents is 1. The molecule has 3 aromatic rings. The second kappa shape index (κ2) is 13.8. The van der Waals surface area contributed by atoms with Crippen molar-refractivity contribution < 1.29 is 34.8 Å². The monoisotopic (exact) mass is 542 g/mol. The number of nitrogen functional groups attached to an aromatic ring is 1. The number of anilines is 1. The van der Waals surface area contributed by atoms with Crippen LogP contribution < -0.4 is 11.1 Å². The molecule has 0 heterocycles. The Morgan fingerprint density at radius 2 is 1.43 bits per heavy atom. The molecule has 0 saturated heterocycles. The third-order valence-corrected chi connectivity index (χ3v) is 5.95. The summed E-state index contributed by atoms with van der Waals surface area (Å²) in [7, 11) is 0. The van der Waals surface area contributed by atoms with Crippen LogP contribution in [0.3, 0.4) is 0 Å². The van der Waals surface area contributed by atoms with Crippen LogP contribution in [0.15, 0.2) is 72.8 Å².